The molecule has 4 nitrogen and oxygen atoms in total. The SMILES string of the molecule is COC(=O)[C@H](C)SCC(=O)N1[C@@H](C)CCC[C@@H]1C. The smallest absolute Gasteiger partial charge is 0.318 e. The Labute approximate surface area is 113 Å². The Bertz CT molecular complexity index is 299. The molecule has 18 heavy (non-hydrogen) atoms. The van der Waals surface area contributed by atoms with Crippen LogP contribution in [0.3, 0.4) is 0 Å². The summed E-state index contributed by atoms with van der Waals surface area (Å²) in [5.74, 6) is 0.216. The Hall–Kier alpha value is -0.710. The van der Waals surface area contributed by atoms with E-state index in [0.717, 1.165) is 12.8 Å². The maximum absolute atomic E-state index is 12.2. The first kappa shape index (κ1) is 15.3. The third-order valence-electron chi connectivity index (χ3n) is 3.47. The van der Waals surface area contributed by atoms with Crippen LogP contribution in [-0.4, -0.2) is 47.0 Å². The maximum Gasteiger partial charge on any atom is 0.318 e. The Morgan fingerprint density at radius 2 is 1.89 bits per heavy atom. The molecular formula is C13H23NO3S. The molecule has 1 aliphatic heterocycles. The van der Waals surface area contributed by atoms with E-state index in [1.54, 1.807) is 6.92 Å². The molecule has 0 aliphatic carbocycles. The van der Waals surface area contributed by atoms with Crippen molar-refractivity contribution in [3.05, 3.63) is 0 Å². The second-order valence-corrected chi connectivity index (χ2v) is 6.24. The van der Waals surface area contributed by atoms with E-state index < -0.39 is 0 Å². The molecule has 0 aromatic heterocycles. The summed E-state index contributed by atoms with van der Waals surface area (Å²) in [5.41, 5.74) is 0. The average Bonchev–Trinajstić information content (AvgIpc) is 2.34. The number of nitrogens with zero attached hydrogens (tertiary/aromatic N) is 1. The number of carbonyl (C=O) groups excluding carboxylic acids is 2. The van der Waals surface area contributed by atoms with Crippen LogP contribution in [0.25, 0.3) is 0 Å². The first-order valence-corrected chi connectivity index (χ1v) is 7.52. The van der Waals surface area contributed by atoms with Crippen LogP contribution in [0.15, 0.2) is 0 Å². The number of hydrogen-bond acceptors (Lipinski definition) is 4. The topological polar surface area (TPSA) is 46.6 Å². The lowest BCUT2D eigenvalue weighted by atomic mass is 9.98. The van der Waals surface area contributed by atoms with Crippen LogP contribution in [0.5, 0.6) is 0 Å². The van der Waals surface area contributed by atoms with E-state index in [1.165, 1.54) is 25.3 Å². The number of methoxy groups -OCH3 is 1. The number of thioether (sulfide) groups is 1. The third kappa shape index (κ3) is 3.90. The Morgan fingerprint density at radius 3 is 2.39 bits per heavy atom. The predicted octanol–water partition coefficient (Wildman–Crippen LogP) is 2.07. The number of likely N-dealkylation sites (tertiary alicyclic amines) is 1. The lowest BCUT2D eigenvalue weighted by molar-refractivity contribution is -0.139. The standard InChI is InChI=1S/C13H23NO3S/c1-9-6-5-7-10(2)14(9)12(15)8-18-11(3)13(16)17-4/h9-11H,5-8H2,1-4H3/t9-,10-,11-/m0/s1. The molecule has 0 radical (unpaired) electrons. The van der Waals surface area contributed by atoms with Gasteiger partial charge in [0.15, 0.2) is 0 Å². The lowest BCUT2D eigenvalue weighted by Crippen LogP contribution is -2.48. The van der Waals surface area contributed by atoms with E-state index in [1.807, 2.05) is 4.90 Å². The van der Waals surface area contributed by atoms with Gasteiger partial charge in [0.25, 0.3) is 0 Å². The highest BCUT2D eigenvalue weighted by Crippen LogP contribution is 2.24. The first-order chi connectivity index (χ1) is 8.47. The van der Waals surface area contributed by atoms with Crippen molar-refractivity contribution in [1.29, 1.82) is 0 Å². The normalized spacial score (nSPS) is 25.7. The minimum Gasteiger partial charge on any atom is -0.468 e. The first-order valence-electron chi connectivity index (χ1n) is 6.48. The molecule has 1 heterocycles. The molecule has 104 valence electrons. The Balaban J connectivity index is 2.46. The minimum absolute atomic E-state index is 0.135. The van der Waals surface area contributed by atoms with Crippen molar-refractivity contribution in [2.75, 3.05) is 12.9 Å². The van der Waals surface area contributed by atoms with Gasteiger partial charge in [-0.15, -0.1) is 11.8 Å². The van der Waals surface area contributed by atoms with E-state index in [4.69, 9.17) is 0 Å². The fourth-order valence-electron chi connectivity index (χ4n) is 2.42. The molecule has 0 bridgehead atoms. The molecule has 1 aliphatic rings. The van der Waals surface area contributed by atoms with Crippen molar-refractivity contribution in [1.82, 2.24) is 4.90 Å². The van der Waals surface area contributed by atoms with Gasteiger partial charge < -0.3 is 9.64 Å². The minimum atomic E-state index is -0.283. The number of carbonyl (C=O) groups is 2. The number of hydrogen-bond donors (Lipinski definition) is 0. The lowest BCUT2D eigenvalue weighted by Gasteiger charge is -2.39. The van der Waals surface area contributed by atoms with Crippen LogP contribution >= 0.6 is 11.8 Å². The molecule has 0 spiro atoms. The predicted molar refractivity (Wildman–Crippen MR) is 73.6 cm³/mol. The van der Waals surface area contributed by atoms with E-state index in [2.05, 4.69) is 18.6 Å². The number of rotatable bonds is 4. The van der Waals surface area contributed by atoms with Crippen LogP contribution in [0.4, 0.5) is 0 Å². The van der Waals surface area contributed by atoms with Crippen LogP contribution in [0.2, 0.25) is 0 Å². The summed E-state index contributed by atoms with van der Waals surface area (Å²) < 4.78 is 4.65. The second kappa shape index (κ2) is 7.02. The summed E-state index contributed by atoms with van der Waals surface area (Å²) in [6.45, 7) is 5.97. The zero-order valence-electron chi connectivity index (χ0n) is 11.6. The van der Waals surface area contributed by atoms with E-state index in [-0.39, 0.29) is 17.1 Å². The number of esters is 1. The fourth-order valence-corrected chi connectivity index (χ4v) is 3.19. The molecule has 0 N–H and O–H groups in total. The van der Waals surface area contributed by atoms with Crippen molar-refractivity contribution in [3.8, 4) is 0 Å². The van der Waals surface area contributed by atoms with E-state index in [9.17, 15) is 9.59 Å². The molecule has 0 aromatic carbocycles. The summed E-state index contributed by atoms with van der Waals surface area (Å²) in [7, 11) is 1.37. The Morgan fingerprint density at radius 1 is 1.33 bits per heavy atom. The molecule has 1 fully saturated rings. The molecule has 0 aromatic rings. The second-order valence-electron chi connectivity index (χ2n) is 4.91. The molecule has 5 heteroatoms. The molecule has 0 saturated carbocycles. The Kier molecular flexibility index (Phi) is 5.99. The zero-order chi connectivity index (χ0) is 13.7. The zero-order valence-corrected chi connectivity index (χ0v) is 12.5. The molecule has 3 atom stereocenters. The maximum atomic E-state index is 12.2. The third-order valence-corrected chi connectivity index (χ3v) is 4.58. The van der Waals surface area contributed by atoms with Gasteiger partial charge in [-0.3, -0.25) is 9.59 Å². The molecule has 1 amide bonds. The molecule has 1 rings (SSSR count). The average molecular weight is 273 g/mol. The number of ether oxygens (including phenoxy) is 1. The van der Waals surface area contributed by atoms with Gasteiger partial charge in [0.05, 0.1) is 12.9 Å². The van der Waals surface area contributed by atoms with Crippen LogP contribution in [0, 0.1) is 0 Å². The van der Waals surface area contributed by atoms with Crippen LogP contribution < -0.4 is 0 Å². The number of piperidine rings is 1. The summed E-state index contributed by atoms with van der Waals surface area (Å²) in [5, 5.41) is -0.283. The van der Waals surface area contributed by atoms with Gasteiger partial charge in [-0.05, 0) is 40.0 Å². The highest BCUT2D eigenvalue weighted by Gasteiger charge is 2.29. The highest BCUT2D eigenvalue weighted by molar-refractivity contribution is 8.01. The molecular weight excluding hydrogens is 250 g/mol. The molecule has 1 saturated heterocycles. The van der Waals surface area contributed by atoms with Gasteiger partial charge in [-0.25, -0.2) is 0 Å². The summed E-state index contributed by atoms with van der Waals surface area (Å²) in [6.07, 6.45) is 3.35. The van der Waals surface area contributed by atoms with Crippen molar-refractivity contribution in [3.63, 3.8) is 0 Å². The van der Waals surface area contributed by atoms with E-state index in [0.29, 0.717) is 17.8 Å². The summed E-state index contributed by atoms with van der Waals surface area (Å²) in [6, 6.07) is 0.630. The van der Waals surface area contributed by atoms with Gasteiger partial charge in [-0.1, -0.05) is 0 Å². The summed E-state index contributed by atoms with van der Waals surface area (Å²) in [4.78, 5) is 25.4. The van der Waals surface area contributed by atoms with Crippen molar-refractivity contribution in [2.24, 2.45) is 0 Å². The number of amides is 1. The van der Waals surface area contributed by atoms with Crippen molar-refractivity contribution in [2.45, 2.75) is 57.4 Å². The van der Waals surface area contributed by atoms with Crippen molar-refractivity contribution >= 4 is 23.6 Å². The quantitative estimate of drug-likeness (QED) is 0.736. The summed E-state index contributed by atoms with van der Waals surface area (Å²) >= 11 is 1.35. The van der Waals surface area contributed by atoms with Gasteiger partial charge in [0.1, 0.15) is 5.25 Å². The van der Waals surface area contributed by atoms with Crippen molar-refractivity contribution < 1.29 is 14.3 Å². The monoisotopic (exact) mass is 273 g/mol. The van der Waals surface area contributed by atoms with E-state index >= 15 is 0 Å². The highest BCUT2D eigenvalue weighted by atomic mass is 32.2. The van der Waals surface area contributed by atoms with Crippen LogP contribution in [-0.2, 0) is 14.3 Å². The van der Waals surface area contributed by atoms with Gasteiger partial charge >= 0.3 is 5.97 Å². The van der Waals surface area contributed by atoms with Gasteiger partial charge in [0.2, 0.25) is 5.91 Å². The fraction of sp³-hybridized carbons (Fsp3) is 0.846. The van der Waals surface area contributed by atoms with Gasteiger partial charge in [0, 0.05) is 12.1 Å². The largest absolute Gasteiger partial charge is 0.468 e. The van der Waals surface area contributed by atoms with Gasteiger partial charge in [-0.2, -0.15) is 0 Å². The van der Waals surface area contributed by atoms with Crippen LogP contribution in [0.1, 0.15) is 40.0 Å². The molecule has 0 unspecified atom stereocenters.